The van der Waals surface area contributed by atoms with Gasteiger partial charge in [-0.15, -0.1) is 0 Å². The number of rotatable bonds is 5. The third kappa shape index (κ3) is 3.23. The lowest BCUT2D eigenvalue weighted by Gasteiger charge is -2.15. The molecule has 4 nitrogen and oxygen atoms in total. The van der Waals surface area contributed by atoms with Gasteiger partial charge in [0.05, 0.1) is 14.2 Å². The molecule has 1 atom stereocenters. The molecule has 2 aromatic rings. The summed E-state index contributed by atoms with van der Waals surface area (Å²) < 4.78 is 10.6. The van der Waals surface area contributed by atoms with Gasteiger partial charge < -0.3 is 15.2 Å². The molecule has 0 radical (unpaired) electrons. The molecule has 4 heteroatoms. The largest absolute Gasteiger partial charge is 0.497 e. The smallest absolute Gasteiger partial charge is 0.125 e. The second-order valence-electron chi connectivity index (χ2n) is 4.27. The van der Waals surface area contributed by atoms with E-state index in [0.717, 1.165) is 22.6 Å². The zero-order valence-corrected chi connectivity index (χ0v) is 11.2. The molecule has 100 valence electrons. The molecule has 0 aliphatic rings. The van der Waals surface area contributed by atoms with Crippen LogP contribution >= 0.6 is 0 Å². The zero-order chi connectivity index (χ0) is 13.7. The number of benzene rings is 1. The molecule has 1 unspecified atom stereocenters. The summed E-state index contributed by atoms with van der Waals surface area (Å²) in [5.41, 5.74) is 8.33. The number of aromatic nitrogens is 1. The lowest BCUT2D eigenvalue weighted by molar-refractivity contribution is 0.390. The first kappa shape index (κ1) is 13.4. The third-order valence-corrected chi connectivity index (χ3v) is 3.07. The van der Waals surface area contributed by atoms with Crippen LogP contribution in [0.4, 0.5) is 0 Å². The fraction of sp³-hybridized carbons (Fsp3) is 0.267. The molecule has 2 N–H and O–H groups in total. The van der Waals surface area contributed by atoms with Crippen molar-refractivity contribution in [2.45, 2.75) is 12.5 Å². The van der Waals surface area contributed by atoms with E-state index in [1.807, 2.05) is 30.3 Å². The van der Waals surface area contributed by atoms with Gasteiger partial charge >= 0.3 is 0 Å². The summed E-state index contributed by atoms with van der Waals surface area (Å²) in [6.07, 6.45) is 4.21. The zero-order valence-electron chi connectivity index (χ0n) is 11.2. The van der Waals surface area contributed by atoms with Crippen molar-refractivity contribution in [2.75, 3.05) is 14.2 Å². The fourth-order valence-electron chi connectivity index (χ4n) is 1.99. The lowest BCUT2D eigenvalue weighted by atomic mass is 10.00. The maximum absolute atomic E-state index is 6.21. The van der Waals surface area contributed by atoms with E-state index in [4.69, 9.17) is 15.2 Å². The molecule has 0 fully saturated rings. The van der Waals surface area contributed by atoms with E-state index in [1.54, 1.807) is 26.6 Å². The van der Waals surface area contributed by atoms with Crippen LogP contribution in [0.2, 0.25) is 0 Å². The number of hydrogen-bond donors (Lipinski definition) is 1. The fourth-order valence-corrected chi connectivity index (χ4v) is 1.99. The van der Waals surface area contributed by atoms with E-state index in [0.29, 0.717) is 6.42 Å². The number of nitrogens with two attached hydrogens (primary N) is 1. The Hall–Kier alpha value is -2.07. The Labute approximate surface area is 113 Å². The Morgan fingerprint density at radius 2 is 1.84 bits per heavy atom. The SMILES string of the molecule is COc1ccc(CC(N)c2ccncc2)c(OC)c1. The van der Waals surface area contributed by atoms with Gasteiger partial charge in [-0.1, -0.05) is 6.07 Å². The highest BCUT2D eigenvalue weighted by molar-refractivity contribution is 5.41. The van der Waals surface area contributed by atoms with Crippen molar-refractivity contribution in [3.63, 3.8) is 0 Å². The molecular weight excluding hydrogens is 240 g/mol. The second-order valence-corrected chi connectivity index (χ2v) is 4.27. The van der Waals surface area contributed by atoms with E-state index in [2.05, 4.69) is 4.98 Å². The topological polar surface area (TPSA) is 57.4 Å². The van der Waals surface area contributed by atoms with E-state index in [9.17, 15) is 0 Å². The van der Waals surface area contributed by atoms with Crippen molar-refractivity contribution in [2.24, 2.45) is 5.73 Å². The van der Waals surface area contributed by atoms with Gasteiger partial charge in [0.15, 0.2) is 0 Å². The molecule has 19 heavy (non-hydrogen) atoms. The molecule has 1 aromatic carbocycles. The van der Waals surface area contributed by atoms with Crippen molar-refractivity contribution in [3.8, 4) is 11.5 Å². The van der Waals surface area contributed by atoms with Crippen molar-refractivity contribution in [3.05, 3.63) is 53.9 Å². The summed E-state index contributed by atoms with van der Waals surface area (Å²) in [6, 6.07) is 9.55. The average molecular weight is 258 g/mol. The molecule has 0 bridgehead atoms. The molecule has 0 saturated carbocycles. The molecule has 1 aromatic heterocycles. The summed E-state index contributed by atoms with van der Waals surface area (Å²) in [6.45, 7) is 0. The number of ether oxygens (including phenoxy) is 2. The molecular formula is C15H18N2O2. The van der Waals surface area contributed by atoms with Crippen molar-refractivity contribution in [1.29, 1.82) is 0 Å². The van der Waals surface area contributed by atoms with E-state index in [1.165, 1.54) is 0 Å². The number of hydrogen-bond acceptors (Lipinski definition) is 4. The molecule has 0 saturated heterocycles. The highest BCUT2D eigenvalue weighted by Crippen LogP contribution is 2.27. The molecule has 0 spiro atoms. The van der Waals surface area contributed by atoms with Crippen LogP contribution in [0.15, 0.2) is 42.7 Å². The van der Waals surface area contributed by atoms with E-state index >= 15 is 0 Å². The summed E-state index contributed by atoms with van der Waals surface area (Å²) >= 11 is 0. The van der Waals surface area contributed by atoms with E-state index in [-0.39, 0.29) is 6.04 Å². The maximum Gasteiger partial charge on any atom is 0.125 e. The maximum atomic E-state index is 6.21. The van der Waals surface area contributed by atoms with Gasteiger partial charge in [0.2, 0.25) is 0 Å². The van der Waals surface area contributed by atoms with Crippen molar-refractivity contribution < 1.29 is 9.47 Å². The normalized spacial score (nSPS) is 11.9. The van der Waals surface area contributed by atoms with Crippen molar-refractivity contribution >= 4 is 0 Å². The number of pyridine rings is 1. The van der Waals surface area contributed by atoms with Gasteiger partial charge in [0.1, 0.15) is 11.5 Å². The summed E-state index contributed by atoms with van der Waals surface area (Å²) in [4.78, 5) is 3.99. The van der Waals surface area contributed by atoms with Crippen LogP contribution in [-0.2, 0) is 6.42 Å². The first-order chi connectivity index (χ1) is 9.24. The molecule has 0 aliphatic carbocycles. The van der Waals surface area contributed by atoms with Gasteiger partial charge in [0.25, 0.3) is 0 Å². The second kappa shape index (κ2) is 6.20. The quantitative estimate of drug-likeness (QED) is 0.894. The van der Waals surface area contributed by atoms with Crippen LogP contribution in [0.3, 0.4) is 0 Å². The first-order valence-electron chi connectivity index (χ1n) is 6.11. The highest BCUT2D eigenvalue weighted by atomic mass is 16.5. The van der Waals surface area contributed by atoms with Gasteiger partial charge in [-0.05, 0) is 35.7 Å². The Bertz CT molecular complexity index is 529. The summed E-state index contributed by atoms with van der Waals surface area (Å²) in [7, 11) is 3.29. The predicted octanol–water partition coefficient (Wildman–Crippen LogP) is 2.34. The van der Waals surface area contributed by atoms with Crippen LogP contribution in [0, 0.1) is 0 Å². The molecule has 0 aliphatic heterocycles. The molecule has 0 amide bonds. The standard InChI is InChI=1S/C15H18N2O2/c1-18-13-4-3-12(15(10-13)19-2)9-14(16)11-5-7-17-8-6-11/h3-8,10,14H,9,16H2,1-2H3. The summed E-state index contributed by atoms with van der Waals surface area (Å²) in [5, 5.41) is 0. The minimum Gasteiger partial charge on any atom is -0.497 e. The van der Waals surface area contributed by atoms with E-state index < -0.39 is 0 Å². The summed E-state index contributed by atoms with van der Waals surface area (Å²) in [5.74, 6) is 1.57. The van der Waals surface area contributed by atoms with Gasteiger partial charge in [-0.2, -0.15) is 0 Å². The van der Waals surface area contributed by atoms with Gasteiger partial charge in [-0.25, -0.2) is 0 Å². The lowest BCUT2D eigenvalue weighted by Crippen LogP contribution is -2.13. The number of methoxy groups -OCH3 is 2. The molecule has 1 heterocycles. The predicted molar refractivity (Wildman–Crippen MR) is 74.4 cm³/mol. The van der Waals surface area contributed by atoms with Crippen LogP contribution in [-0.4, -0.2) is 19.2 Å². The van der Waals surface area contributed by atoms with Crippen LogP contribution in [0.1, 0.15) is 17.2 Å². The molecule has 2 rings (SSSR count). The van der Waals surface area contributed by atoms with Gasteiger partial charge in [0, 0.05) is 24.5 Å². The van der Waals surface area contributed by atoms with Gasteiger partial charge in [-0.3, -0.25) is 4.98 Å². The Morgan fingerprint density at radius 3 is 2.47 bits per heavy atom. The van der Waals surface area contributed by atoms with Crippen LogP contribution in [0.5, 0.6) is 11.5 Å². The van der Waals surface area contributed by atoms with Crippen molar-refractivity contribution in [1.82, 2.24) is 4.98 Å². The van der Waals surface area contributed by atoms with Crippen LogP contribution < -0.4 is 15.2 Å². The number of nitrogens with zero attached hydrogens (tertiary/aromatic N) is 1. The first-order valence-corrected chi connectivity index (χ1v) is 6.11. The average Bonchev–Trinajstić information content (AvgIpc) is 2.48. The van der Waals surface area contributed by atoms with Crippen LogP contribution in [0.25, 0.3) is 0 Å². The Balaban J connectivity index is 2.19. The monoisotopic (exact) mass is 258 g/mol. The highest BCUT2D eigenvalue weighted by Gasteiger charge is 2.11. The minimum atomic E-state index is -0.0784. The third-order valence-electron chi connectivity index (χ3n) is 3.07. The Morgan fingerprint density at radius 1 is 1.11 bits per heavy atom. The minimum absolute atomic E-state index is 0.0784. The Kier molecular flexibility index (Phi) is 4.36.